The van der Waals surface area contributed by atoms with Crippen LogP contribution in [-0.4, -0.2) is 20.1 Å². The van der Waals surface area contributed by atoms with Gasteiger partial charge in [0.05, 0.1) is 10.6 Å². The van der Waals surface area contributed by atoms with E-state index in [1.807, 2.05) is 30.3 Å². The Kier molecular flexibility index (Phi) is 5.09. The van der Waals surface area contributed by atoms with E-state index in [0.717, 1.165) is 11.1 Å². The van der Waals surface area contributed by atoms with Gasteiger partial charge >= 0.3 is 5.76 Å². The summed E-state index contributed by atoms with van der Waals surface area (Å²) in [7, 11) is 0. The quantitative estimate of drug-likeness (QED) is 0.490. The maximum absolute atomic E-state index is 12.2. The minimum absolute atomic E-state index is 0.280. The summed E-state index contributed by atoms with van der Waals surface area (Å²) in [6.45, 7) is 0. The maximum atomic E-state index is 12.2. The first kappa shape index (κ1) is 18.5. The lowest BCUT2D eigenvalue weighted by Gasteiger charge is -2.09. The van der Waals surface area contributed by atoms with Crippen LogP contribution < -0.4 is 11.3 Å². The minimum atomic E-state index is -0.645. The summed E-state index contributed by atoms with van der Waals surface area (Å²) in [5, 5.41) is 13.8. The van der Waals surface area contributed by atoms with Crippen molar-refractivity contribution >= 4 is 11.8 Å². The van der Waals surface area contributed by atoms with Crippen LogP contribution in [0.5, 0.6) is 0 Å². The average molecular weight is 403 g/mol. The molecule has 142 valence electrons. The molecular weight excluding hydrogens is 390 g/mol. The fraction of sp³-hybridized carbons (Fsp3) is 0.0500. The number of aromatic amines is 2. The molecule has 4 aromatic rings. The first-order valence-corrected chi connectivity index (χ1v) is 9.48. The van der Waals surface area contributed by atoms with Crippen LogP contribution in [0.1, 0.15) is 11.1 Å². The summed E-state index contributed by atoms with van der Waals surface area (Å²) in [6.07, 6.45) is 3.22. The van der Waals surface area contributed by atoms with Gasteiger partial charge in [-0.25, -0.2) is 4.79 Å². The molecule has 1 aromatic carbocycles. The fourth-order valence-electron chi connectivity index (χ4n) is 2.81. The lowest BCUT2D eigenvalue weighted by atomic mass is 10.0. The molecule has 3 heterocycles. The number of rotatable bonds is 5. The Morgan fingerprint density at radius 3 is 2.62 bits per heavy atom. The Hall–Kier alpha value is -3.90. The predicted octanol–water partition coefficient (Wildman–Crippen LogP) is 2.94. The van der Waals surface area contributed by atoms with Crippen molar-refractivity contribution in [1.29, 1.82) is 5.26 Å². The average Bonchev–Trinajstić information content (AvgIpc) is 3.19. The molecule has 0 saturated carbocycles. The molecule has 3 aromatic heterocycles. The molecule has 0 amide bonds. The SMILES string of the molecule is N#Cc1c(-c2ccccc2)cc(=O)[nH]c1SCc1cncc(-c2noc(=O)[nH]2)c1. The molecule has 29 heavy (non-hydrogen) atoms. The zero-order chi connectivity index (χ0) is 20.2. The van der Waals surface area contributed by atoms with Crippen LogP contribution in [0.2, 0.25) is 0 Å². The van der Waals surface area contributed by atoms with Crippen LogP contribution in [0.3, 0.4) is 0 Å². The zero-order valence-electron chi connectivity index (χ0n) is 14.9. The molecule has 0 fully saturated rings. The highest BCUT2D eigenvalue weighted by Crippen LogP contribution is 2.30. The molecule has 0 bridgehead atoms. The largest absolute Gasteiger partial charge is 0.439 e. The third-order valence-corrected chi connectivity index (χ3v) is 5.17. The van der Waals surface area contributed by atoms with Crippen LogP contribution >= 0.6 is 11.8 Å². The molecule has 0 atom stereocenters. The van der Waals surface area contributed by atoms with Crippen molar-refractivity contribution in [2.24, 2.45) is 0 Å². The van der Waals surface area contributed by atoms with E-state index in [9.17, 15) is 14.9 Å². The van der Waals surface area contributed by atoms with Gasteiger partial charge in [-0.1, -0.05) is 35.5 Å². The van der Waals surface area contributed by atoms with Gasteiger partial charge in [0.15, 0.2) is 5.82 Å². The molecule has 8 nitrogen and oxygen atoms in total. The third kappa shape index (κ3) is 4.02. The van der Waals surface area contributed by atoms with Crippen molar-refractivity contribution in [3.05, 3.63) is 86.9 Å². The van der Waals surface area contributed by atoms with Crippen molar-refractivity contribution in [1.82, 2.24) is 20.1 Å². The van der Waals surface area contributed by atoms with E-state index in [2.05, 4.69) is 30.7 Å². The van der Waals surface area contributed by atoms with Gasteiger partial charge in [-0.15, -0.1) is 11.8 Å². The van der Waals surface area contributed by atoms with Gasteiger partial charge in [-0.3, -0.25) is 19.3 Å². The predicted molar refractivity (Wildman–Crippen MR) is 107 cm³/mol. The molecule has 0 aliphatic heterocycles. The molecule has 0 radical (unpaired) electrons. The van der Waals surface area contributed by atoms with Crippen molar-refractivity contribution in [3.8, 4) is 28.6 Å². The Balaban J connectivity index is 1.64. The molecule has 0 unspecified atom stereocenters. The van der Waals surface area contributed by atoms with Gasteiger partial charge in [0, 0.05) is 35.3 Å². The smallest absolute Gasteiger partial charge is 0.316 e. The highest BCUT2D eigenvalue weighted by Gasteiger charge is 2.13. The normalized spacial score (nSPS) is 10.6. The molecule has 0 saturated heterocycles. The summed E-state index contributed by atoms with van der Waals surface area (Å²) in [6, 6.07) is 14.7. The number of pyridine rings is 2. The van der Waals surface area contributed by atoms with Crippen LogP contribution in [0.15, 0.2) is 74.0 Å². The van der Waals surface area contributed by atoms with Crippen molar-refractivity contribution in [3.63, 3.8) is 0 Å². The summed E-state index contributed by atoms with van der Waals surface area (Å²) < 4.78 is 4.52. The van der Waals surface area contributed by atoms with Crippen molar-refractivity contribution < 1.29 is 4.52 Å². The fourth-order valence-corrected chi connectivity index (χ4v) is 3.75. The van der Waals surface area contributed by atoms with E-state index >= 15 is 0 Å². The standard InChI is InChI=1S/C20H13N5O3S/c21-8-16-15(13-4-2-1-3-5-13)7-17(26)23-19(16)29-11-12-6-14(10-22-9-12)18-24-20(27)28-25-18/h1-7,9-10H,11H2,(H,23,26)(H,24,25,27). The van der Waals surface area contributed by atoms with Crippen LogP contribution in [0, 0.1) is 11.3 Å². The van der Waals surface area contributed by atoms with Gasteiger partial charge in [0.2, 0.25) is 5.56 Å². The summed E-state index contributed by atoms with van der Waals surface area (Å²) in [5.41, 5.74) is 2.94. The van der Waals surface area contributed by atoms with Gasteiger partial charge in [0.1, 0.15) is 6.07 Å². The molecule has 9 heteroatoms. The maximum Gasteiger partial charge on any atom is 0.439 e. The van der Waals surface area contributed by atoms with Gasteiger partial charge in [0.25, 0.3) is 0 Å². The number of nitrogens with one attached hydrogen (secondary N) is 2. The monoisotopic (exact) mass is 403 g/mol. The molecule has 0 spiro atoms. The Bertz CT molecular complexity index is 1320. The number of nitriles is 1. The number of H-pyrrole nitrogens is 2. The van der Waals surface area contributed by atoms with E-state index in [0.29, 0.717) is 27.5 Å². The van der Waals surface area contributed by atoms with Crippen molar-refractivity contribution in [2.75, 3.05) is 0 Å². The first-order valence-electron chi connectivity index (χ1n) is 8.50. The third-order valence-electron chi connectivity index (χ3n) is 4.10. The molecule has 2 N–H and O–H groups in total. The molecule has 0 aliphatic rings. The van der Waals surface area contributed by atoms with E-state index in [4.69, 9.17) is 0 Å². The highest BCUT2D eigenvalue weighted by molar-refractivity contribution is 7.98. The second kappa shape index (κ2) is 8.00. The first-order chi connectivity index (χ1) is 14.1. The highest BCUT2D eigenvalue weighted by atomic mass is 32.2. The number of aromatic nitrogens is 4. The van der Waals surface area contributed by atoms with Gasteiger partial charge < -0.3 is 4.98 Å². The van der Waals surface area contributed by atoms with E-state index in [1.54, 1.807) is 18.5 Å². The summed E-state index contributed by atoms with van der Waals surface area (Å²) >= 11 is 1.32. The van der Waals surface area contributed by atoms with Crippen LogP contribution in [-0.2, 0) is 5.75 Å². The zero-order valence-corrected chi connectivity index (χ0v) is 15.7. The van der Waals surface area contributed by atoms with E-state index in [1.165, 1.54) is 17.8 Å². The number of thioether (sulfide) groups is 1. The number of benzene rings is 1. The van der Waals surface area contributed by atoms with Crippen LogP contribution in [0.4, 0.5) is 0 Å². The Morgan fingerprint density at radius 2 is 1.90 bits per heavy atom. The van der Waals surface area contributed by atoms with Crippen molar-refractivity contribution in [2.45, 2.75) is 10.8 Å². The van der Waals surface area contributed by atoms with E-state index < -0.39 is 5.76 Å². The van der Waals surface area contributed by atoms with Gasteiger partial charge in [-0.05, 0) is 17.2 Å². The lowest BCUT2D eigenvalue weighted by Crippen LogP contribution is -2.08. The Morgan fingerprint density at radius 1 is 1.07 bits per heavy atom. The number of nitrogens with zero attached hydrogens (tertiary/aromatic N) is 3. The second-order valence-corrected chi connectivity index (χ2v) is 7.03. The number of hydrogen-bond donors (Lipinski definition) is 2. The summed E-state index contributed by atoms with van der Waals surface area (Å²) in [5.74, 6) is 0.0893. The molecular formula is C20H13N5O3S. The minimum Gasteiger partial charge on any atom is -0.316 e. The summed E-state index contributed by atoms with van der Waals surface area (Å²) in [4.78, 5) is 32.7. The topological polar surface area (TPSA) is 128 Å². The van der Waals surface area contributed by atoms with Crippen LogP contribution in [0.25, 0.3) is 22.5 Å². The molecule has 0 aliphatic carbocycles. The Labute approximate surface area is 168 Å². The van der Waals surface area contributed by atoms with E-state index in [-0.39, 0.29) is 11.4 Å². The second-order valence-electron chi connectivity index (χ2n) is 6.04. The lowest BCUT2D eigenvalue weighted by molar-refractivity contribution is 0.388. The molecule has 4 rings (SSSR count). The van der Waals surface area contributed by atoms with Gasteiger partial charge in [-0.2, -0.15) is 5.26 Å². The number of hydrogen-bond acceptors (Lipinski definition) is 7.